The lowest BCUT2D eigenvalue weighted by Crippen LogP contribution is -2.42. The molecule has 2 aromatic carbocycles. The van der Waals surface area contributed by atoms with Gasteiger partial charge >= 0.3 is 5.97 Å². The Morgan fingerprint density at radius 2 is 1.84 bits per heavy atom. The molecule has 1 aliphatic heterocycles. The summed E-state index contributed by atoms with van der Waals surface area (Å²) >= 11 is 5.48. The Morgan fingerprint density at radius 3 is 2.41 bits per heavy atom. The number of halogens is 3. The lowest BCUT2D eigenvalue weighted by Gasteiger charge is -2.25. The van der Waals surface area contributed by atoms with Crippen LogP contribution in [0.5, 0.6) is 0 Å². The van der Waals surface area contributed by atoms with Gasteiger partial charge in [0.2, 0.25) is 5.91 Å². The fourth-order valence-electron chi connectivity index (χ4n) is 3.44. The van der Waals surface area contributed by atoms with E-state index in [9.17, 15) is 28.3 Å². The van der Waals surface area contributed by atoms with E-state index in [1.807, 2.05) is 18.2 Å². The lowest BCUT2D eigenvalue weighted by atomic mass is 9.96. The molecule has 6 nitrogen and oxygen atoms in total. The lowest BCUT2D eigenvalue weighted by molar-refractivity contribution is -0.139. The van der Waals surface area contributed by atoms with E-state index in [1.165, 1.54) is 6.92 Å². The van der Waals surface area contributed by atoms with Crippen LogP contribution in [0.3, 0.4) is 0 Å². The molecule has 9 heteroatoms. The number of rotatable bonds is 6. The summed E-state index contributed by atoms with van der Waals surface area (Å²) < 4.78 is 27.6. The first-order valence-corrected chi connectivity index (χ1v) is 10.3. The summed E-state index contributed by atoms with van der Waals surface area (Å²) in [5, 5.41) is 11.2. The average molecular weight is 463 g/mol. The van der Waals surface area contributed by atoms with Crippen LogP contribution >= 0.6 is 11.6 Å². The smallest absolute Gasteiger partial charge is 0.326 e. The van der Waals surface area contributed by atoms with Gasteiger partial charge in [0.1, 0.15) is 17.7 Å². The Labute approximate surface area is 188 Å². The number of carbonyl (C=O) groups is 3. The number of nitrogens with zero attached hydrogens (tertiary/aromatic N) is 1. The fourth-order valence-corrected chi connectivity index (χ4v) is 3.59. The van der Waals surface area contributed by atoms with Crippen LogP contribution in [0.1, 0.15) is 34.8 Å². The summed E-state index contributed by atoms with van der Waals surface area (Å²) in [6, 6.07) is 7.14. The highest BCUT2D eigenvalue weighted by molar-refractivity contribution is 6.30. The van der Waals surface area contributed by atoms with Gasteiger partial charge in [0.25, 0.3) is 5.91 Å². The summed E-state index contributed by atoms with van der Waals surface area (Å²) in [5.41, 5.74) is 2.08. The minimum Gasteiger partial charge on any atom is -0.480 e. The molecule has 1 aliphatic rings. The largest absolute Gasteiger partial charge is 0.480 e. The maximum atomic E-state index is 14.0. The van der Waals surface area contributed by atoms with E-state index in [2.05, 4.69) is 5.32 Å². The monoisotopic (exact) mass is 462 g/mol. The molecule has 0 aromatic heterocycles. The summed E-state index contributed by atoms with van der Waals surface area (Å²) in [4.78, 5) is 37.1. The summed E-state index contributed by atoms with van der Waals surface area (Å²) in [6.07, 6.45) is 2.66. The van der Waals surface area contributed by atoms with E-state index in [-0.39, 0.29) is 12.3 Å². The first-order valence-electron chi connectivity index (χ1n) is 9.87. The van der Waals surface area contributed by atoms with Crippen LogP contribution in [0, 0.1) is 11.6 Å². The van der Waals surface area contributed by atoms with Crippen LogP contribution in [-0.4, -0.2) is 46.9 Å². The van der Waals surface area contributed by atoms with Gasteiger partial charge in [-0.1, -0.05) is 41.9 Å². The molecule has 0 fully saturated rings. The van der Waals surface area contributed by atoms with Gasteiger partial charge in [-0.05, 0) is 35.3 Å². The van der Waals surface area contributed by atoms with Gasteiger partial charge in [0, 0.05) is 26.4 Å². The van der Waals surface area contributed by atoms with Gasteiger partial charge in [-0.2, -0.15) is 0 Å². The van der Waals surface area contributed by atoms with E-state index in [4.69, 9.17) is 11.6 Å². The van der Waals surface area contributed by atoms with Crippen LogP contribution in [0.15, 0.2) is 42.5 Å². The second-order valence-corrected chi connectivity index (χ2v) is 7.86. The molecule has 0 aliphatic carbocycles. The second-order valence-electron chi connectivity index (χ2n) is 7.46. The Kier molecular flexibility index (Phi) is 7.25. The maximum absolute atomic E-state index is 14.0. The molecule has 1 atom stereocenters. The Bertz CT molecular complexity index is 1090. The molecule has 1 unspecified atom stereocenters. The van der Waals surface area contributed by atoms with Crippen LogP contribution in [0.25, 0.3) is 5.57 Å². The van der Waals surface area contributed by atoms with Crippen molar-refractivity contribution in [1.82, 2.24) is 10.2 Å². The second kappa shape index (κ2) is 9.91. The highest BCUT2D eigenvalue weighted by atomic mass is 35.5. The summed E-state index contributed by atoms with van der Waals surface area (Å²) in [6.45, 7) is 2.71. The number of hydrogen-bond donors (Lipinski definition) is 2. The van der Waals surface area contributed by atoms with Crippen molar-refractivity contribution >= 4 is 35.0 Å². The number of amides is 2. The van der Waals surface area contributed by atoms with Crippen molar-refractivity contribution < 1.29 is 28.3 Å². The molecule has 0 radical (unpaired) electrons. The first kappa shape index (κ1) is 23.4. The standard InChI is InChI=1S/C23H21ClF2N2O4/c1-13(29)28-8-6-16(7-9-28)15-4-2-14(3-5-15)10-21(23(31)32)27-22(30)17-11-20(26)18(24)12-19(17)25/h2-6,11-12,21H,7-10H2,1H3,(H,27,30)(H,31,32). The molecule has 1 heterocycles. The third kappa shape index (κ3) is 5.50. The van der Waals surface area contributed by atoms with Gasteiger partial charge < -0.3 is 15.3 Å². The van der Waals surface area contributed by atoms with Crippen LogP contribution in [-0.2, 0) is 16.0 Å². The molecular weight excluding hydrogens is 442 g/mol. The minimum atomic E-state index is -1.34. The highest BCUT2D eigenvalue weighted by Gasteiger charge is 2.24. The molecule has 32 heavy (non-hydrogen) atoms. The molecule has 0 saturated heterocycles. The van der Waals surface area contributed by atoms with E-state index >= 15 is 0 Å². The zero-order valence-electron chi connectivity index (χ0n) is 17.2. The van der Waals surface area contributed by atoms with Crippen molar-refractivity contribution in [2.45, 2.75) is 25.8 Å². The number of carboxylic acids is 1. The quantitative estimate of drug-likeness (QED) is 0.641. The molecule has 0 spiro atoms. The van der Waals surface area contributed by atoms with Crippen molar-refractivity contribution in [2.24, 2.45) is 0 Å². The predicted octanol–water partition coefficient (Wildman–Crippen LogP) is 3.68. The van der Waals surface area contributed by atoms with Crippen molar-refractivity contribution in [1.29, 1.82) is 0 Å². The van der Waals surface area contributed by atoms with E-state index in [1.54, 1.807) is 17.0 Å². The number of hydrogen-bond acceptors (Lipinski definition) is 3. The molecule has 3 rings (SSSR count). The summed E-state index contributed by atoms with van der Waals surface area (Å²) in [7, 11) is 0. The van der Waals surface area contributed by atoms with Gasteiger partial charge in [-0.3, -0.25) is 9.59 Å². The van der Waals surface area contributed by atoms with Crippen molar-refractivity contribution in [2.75, 3.05) is 13.1 Å². The zero-order valence-corrected chi connectivity index (χ0v) is 18.0. The molecule has 0 bridgehead atoms. The topological polar surface area (TPSA) is 86.7 Å². The Hall–Kier alpha value is -3.26. The van der Waals surface area contributed by atoms with Gasteiger partial charge in [-0.25, -0.2) is 13.6 Å². The number of nitrogens with one attached hydrogen (secondary N) is 1. The number of carboxylic acid groups (broad SMARTS) is 1. The fraction of sp³-hybridized carbons (Fsp3) is 0.261. The van der Waals surface area contributed by atoms with Gasteiger partial charge in [0.15, 0.2) is 0 Å². The summed E-state index contributed by atoms with van der Waals surface area (Å²) in [5.74, 6) is -4.37. The molecule has 2 amide bonds. The normalized spacial score (nSPS) is 14.5. The molecular formula is C23H21ClF2N2O4. The third-order valence-corrected chi connectivity index (χ3v) is 5.57. The van der Waals surface area contributed by atoms with E-state index in [0.29, 0.717) is 30.8 Å². The number of benzene rings is 2. The van der Waals surface area contributed by atoms with Crippen molar-refractivity contribution in [3.8, 4) is 0 Å². The van der Waals surface area contributed by atoms with Gasteiger partial charge in [-0.15, -0.1) is 0 Å². The zero-order chi connectivity index (χ0) is 23.4. The molecule has 2 aromatic rings. The molecule has 2 N–H and O–H groups in total. The van der Waals surface area contributed by atoms with Crippen LogP contribution < -0.4 is 5.32 Å². The Balaban J connectivity index is 1.69. The predicted molar refractivity (Wildman–Crippen MR) is 115 cm³/mol. The van der Waals surface area contributed by atoms with Crippen molar-refractivity contribution in [3.63, 3.8) is 0 Å². The number of carbonyl (C=O) groups excluding carboxylic acids is 2. The highest BCUT2D eigenvalue weighted by Crippen LogP contribution is 2.23. The number of aliphatic carboxylic acids is 1. The maximum Gasteiger partial charge on any atom is 0.326 e. The molecule has 168 valence electrons. The van der Waals surface area contributed by atoms with Crippen molar-refractivity contribution in [3.05, 3.63) is 75.8 Å². The minimum absolute atomic E-state index is 0.0265. The average Bonchev–Trinajstić information content (AvgIpc) is 2.76. The van der Waals surface area contributed by atoms with Crippen LogP contribution in [0.2, 0.25) is 5.02 Å². The Morgan fingerprint density at radius 1 is 1.16 bits per heavy atom. The van der Waals surface area contributed by atoms with E-state index in [0.717, 1.165) is 17.6 Å². The van der Waals surface area contributed by atoms with Gasteiger partial charge in [0.05, 0.1) is 10.6 Å². The SMILES string of the molecule is CC(=O)N1CC=C(c2ccc(CC(NC(=O)c3cc(F)c(Cl)cc3F)C(=O)O)cc2)CC1. The van der Waals surface area contributed by atoms with E-state index < -0.39 is 40.1 Å². The first-order chi connectivity index (χ1) is 15.2. The third-order valence-electron chi connectivity index (χ3n) is 5.28. The molecule has 0 saturated carbocycles. The van der Waals surface area contributed by atoms with Crippen LogP contribution in [0.4, 0.5) is 8.78 Å².